The summed E-state index contributed by atoms with van der Waals surface area (Å²) in [5, 5.41) is 12.9. The smallest absolute Gasteiger partial charge is 0.128 e. The average molecular weight is 962 g/mol. The maximum Gasteiger partial charge on any atom is 0.128 e. The van der Waals surface area contributed by atoms with Crippen molar-refractivity contribution in [1.82, 2.24) is 33.3 Å². The van der Waals surface area contributed by atoms with Crippen LogP contribution in [0.1, 0.15) is 29.7 Å². The minimum atomic E-state index is 0.806. The molecule has 0 atom stereocenters. The van der Waals surface area contributed by atoms with Crippen molar-refractivity contribution in [3.05, 3.63) is 230 Å². The zero-order chi connectivity index (χ0) is 48.0. The van der Waals surface area contributed by atoms with Gasteiger partial charge in [-0.05, 0) is 192 Å². The standard InChI is InChI=1S/C64H47N7OS/c1-5-45(43-14-20-55(21-15-43)72-56-22-25-63-58(39-56)57-38-53(19-24-62(57)73-63)67-40-50-8-3-10-52-26-30-66-71(52)61(50)41-67)35-46(6-1)48-16-23-59-49(36-48)29-33-68(59)51-17-12-42(13-18-51)47-7-2-11-54(37-47)69-34-28-44-9-4-32-70-60(64(44)69)27-31-65-70/h1-2,5-7,11-31,33-41H,3-4,8-10,32H2. The fourth-order valence-corrected chi connectivity index (χ4v) is 12.5. The Kier molecular flexibility index (Phi) is 9.66. The highest BCUT2D eigenvalue weighted by molar-refractivity contribution is 7.25. The molecule has 0 bridgehead atoms. The van der Waals surface area contributed by atoms with Crippen molar-refractivity contribution in [1.29, 1.82) is 0 Å². The van der Waals surface area contributed by atoms with E-state index in [1.165, 1.54) is 87.2 Å². The Morgan fingerprint density at radius 2 is 1.19 bits per heavy atom. The normalized spacial score (nSPS) is 13.2. The minimum absolute atomic E-state index is 0.806. The number of nitrogens with zero attached hydrogens (tertiary/aromatic N) is 7. The van der Waals surface area contributed by atoms with Gasteiger partial charge in [0.15, 0.2) is 0 Å². The lowest BCUT2D eigenvalue weighted by Crippen LogP contribution is -2.03. The summed E-state index contributed by atoms with van der Waals surface area (Å²) in [6, 6.07) is 63.8. The summed E-state index contributed by atoms with van der Waals surface area (Å²) in [5.74, 6) is 1.63. The van der Waals surface area contributed by atoms with Gasteiger partial charge in [0.05, 0.1) is 22.6 Å². The van der Waals surface area contributed by atoms with E-state index in [9.17, 15) is 0 Å². The van der Waals surface area contributed by atoms with E-state index in [0.29, 0.717) is 0 Å². The minimum Gasteiger partial charge on any atom is -0.457 e. The van der Waals surface area contributed by atoms with Crippen molar-refractivity contribution >= 4 is 42.4 Å². The van der Waals surface area contributed by atoms with E-state index in [0.717, 1.165) is 78.3 Å². The molecule has 0 saturated carbocycles. The lowest BCUT2D eigenvalue weighted by molar-refractivity contribution is 0.483. The Morgan fingerprint density at radius 3 is 2.08 bits per heavy atom. The van der Waals surface area contributed by atoms with Crippen molar-refractivity contribution in [3.63, 3.8) is 0 Å². The molecule has 0 fully saturated rings. The van der Waals surface area contributed by atoms with Crippen LogP contribution in [0.4, 0.5) is 0 Å². The van der Waals surface area contributed by atoms with Gasteiger partial charge in [0, 0.05) is 92.0 Å². The fraction of sp³-hybridized carbons (Fsp3) is 0.0938. The number of hydrogen-bond acceptors (Lipinski definition) is 4. The number of fused-ring (bicyclic) bond motifs is 10. The first-order chi connectivity index (χ1) is 36.1. The summed E-state index contributed by atoms with van der Waals surface area (Å²) in [7, 11) is 0. The highest BCUT2D eigenvalue weighted by atomic mass is 32.1. The summed E-state index contributed by atoms with van der Waals surface area (Å²) in [5.41, 5.74) is 19.3. The summed E-state index contributed by atoms with van der Waals surface area (Å²) < 4.78 is 20.2. The predicted octanol–water partition coefficient (Wildman–Crippen LogP) is 15.9. The van der Waals surface area contributed by atoms with Gasteiger partial charge in [-0.3, -0.25) is 4.68 Å². The van der Waals surface area contributed by atoms with Gasteiger partial charge < -0.3 is 18.4 Å². The van der Waals surface area contributed by atoms with Crippen LogP contribution < -0.4 is 4.74 Å². The molecule has 8 nitrogen and oxygen atoms in total. The molecule has 0 saturated heterocycles. The van der Waals surface area contributed by atoms with E-state index in [4.69, 9.17) is 4.74 Å². The van der Waals surface area contributed by atoms with Gasteiger partial charge >= 0.3 is 0 Å². The topological polar surface area (TPSA) is 59.7 Å². The summed E-state index contributed by atoms with van der Waals surface area (Å²) >= 11 is 1.82. The first-order valence-corrected chi connectivity index (χ1v) is 26.1. The second kappa shape index (κ2) is 16.9. The molecular formula is C64H47N7OS. The van der Waals surface area contributed by atoms with Crippen LogP contribution in [0.3, 0.4) is 0 Å². The second-order valence-corrected chi connectivity index (χ2v) is 20.6. The van der Waals surface area contributed by atoms with E-state index in [1.54, 1.807) is 0 Å². The maximum absolute atomic E-state index is 6.52. The molecule has 73 heavy (non-hydrogen) atoms. The summed E-state index contributed by atoms with van der Waals surface area (Å²) in [4.78, 5) is 0. The Balaban J connectivity index is 0.646. The van der Waals surface area contributed by atoms with E-state index in [2.05, 4.69) is 234 Å². The van der Waals surface area contributed by atoms with Crippen LogP contribution in [0, 0.1) is 0 Å². The lowest BCUT2D eigenvalue weighted by atomic mass is 9.98. The van der Waals surface area contributed by atoms with Crippen molar-refractivity contribution in [3.8, 4) is 79.0 Å². The molecule has 0 aliphatic carbocycles. The number of thiophene rings is 1. The van der Waals surface area contributed by atoms with Crippen LogP contribution in [0.15, 0.2) is 213 Å². The monoisotopic (exact) mass is 961 g/mol. The van der Waals surface area contributed by atoms with Crippen LogP contribution in [0.5, 0.6) is 11.5 Å². The molecule has 13 aromatic rings. The molecule has 15 rings (SSSR count). The molecular weight excluding hydrogens is 915 g/mol. The fourth-order valence-electron chi connectivity index (χ4n) is 11.4. The van der Waals surface area contributed by atoms with Crippen LogP contribution in [0.25, 0.3) is 98.6 Å². The molecule has 8 heterocycles. The molecule has 0 spiro atoms. The number of ether oxygens (including phenoxy) is 1. The molecule has 0 unspecified atom stereocenters. The average Bonchev–Trinajstić information content (AvgIpc) is 4.32. The first kappa shape index (κ1) is 41.8. The Morgan fingerprint density at radius 1 is 0.479 bits per heavy atom. The SMILES string of the molecule is c1cc(-c2ccc(Oc3ccc4sc5ccc(-n6cc7c(c6)-n6nccc6CCC7)cc5c4c3)cc2)cc(-c2ccc3c(ccn3-c3ccc(-c4cccc(-n5ccc6c5-c5ccnn5CCC6)c4)cc3)c2)c1. The molecule has 7 aromatic carbocycles. The van der Waals surface area contributed by atoms with Crippen molar-refractivity contribution < 1.29 is 4.74 Å². The van der Waals surface area contributed by atoms with Gasteiger partial charge in [-0.25, -0.2) is 4.68 Å². The molecule has 2 aliphatic heterocycles. The Labute approximate surface area is 425 Å². The number of benzene rings is 7. The molecule has 6 aromatic heterocycles. The molecule has 9 heteroatoms. The Hall–Kier alpha value is -8.92. The van der Waals surface area contributed by atoms with Gasteiger partial charge in [0.1, 0.15) is 11.5 Å². The van der Waals surface area contributed by atoms with Gasteiger partial charge in [0.2, 0.25) is 0 Å². The van der Waals surface area contributed by atoms with Crippen LogP contribution in [-0.2, 0) is 25.8 Å². The third-order valence-corrected chi connectivity index (χ3v) is 16.2. The molecule has 350 valence electrons. The van der Waals surface area contributed by atoms with Crippen molar-refractivity contribution in [2.45, 2.75) is 38.6 Å². The number of hydrogen-bond donors (Lipinski definition) is 0. The Bertz CT molecular complexity index is 4250. The molecule has 0 radical (unpaired) electrons. The summed E-state index contributed by atoms with van der Waals surface area (Å²) in [6.07, 6.45) is 18.1. The van der Waals surface area contributed by atoms with E-state index in [1.807, 2.05) is 23.7 Å². The van der Waals surface area contributed by atoms with Crippen LogP contribution >= 0.6 is 11.3 Å². The largest absolute Gasteiger partial charge is 0.457 e. The van der Waals surface area contributed by atoms with Gasteiger partial charge in [-0.15, -0.1) is 11.3 Å². The highest BCUT2D eigenvalue weighted by Gasteiger charge is 2.21. The summed E-state index contributed by atoms with van der Waals surface area (Å²) in [6.45, 7) is 0.950. The highest BCUT2D eigenvalue weighted by Crippen LogP contribution is 2.40. The third-order valence-electron chi connectivity index (χ3n) is 15.1. The van der Waals surface area contributed by atoms with Crippen LogP contribution in [-0.4, -0.2) is 33.3 Å². The van der Waals surface area contributed by atoms with Crippen molar-refractivity contribution in [2.75, 3.05) is 0 Å². The van der Waals surface area contributed by atoms with E-state index in [-0.39, 0.29) is 0 Å². The number of aromatic nitrogens is 7. The first-order valence-electron chi connectivity index (χ1n) is 25.2. The van der Waals surface area contributed by atoms with E-state index < -0.39 is 0 Å². The third kappa shape index (κ3) is 7.26. The van der Waals surface area contributed by atoms with Gasteiger partial charge in [0.25, 0.3) is 0 Å². The van der Waals surface area contributed by atoms with Crippen LogP contribution in [0.2, 0.25) is 0 Å². The maximum atomic E-state index is 6.52. The molecule has 2 aliphatic rings. The second-order valence-electron chi connectivity index (χ2n) is 19.5. The predicted molar refractivity (Wildman–Crippen MR) is 296 cm³/mol. The van der Waals surface area contributed by atoms with E-state index >= 15 is 0 Å². The zero-order valence-corrected chi connectivity index (χ0v) is 40.7. The van der Waals surface area contributed by atoms with Gasteiger partial charge in [-0.1, -0.05) is 60.7 Å². The number of rotatable bonds is 8. The van der Waals surface area contributed by atoms with Crippen molar-refractivity contribution in [2.24, 2.45) is 0 Å². The molecule has 0 amide bonds. The lowest BCUT2D eigenvalue weighted by Gasteiger charge is -2.13. The molecule has 0 N–H and O–H groups in total. The van der Waals surface area contributed by atoms with Gasteiger partial charge in [-0.2, -0.15) is 10.2 Å². The zero-order valence-electron chi connectivity index (χ0n) is 39.9. The number of aryl methyl sites for hydroxylation is 4. The quantitative estimate of drug-likeness (QED) is 0.152.